The van der Waals surface area contributed by atoms with Crippen LogP contribution in [0.2, 0.25) is 0 Å². The van der Waals surface area contributed by atoms with Crippen molar-refractivity contribution in [3.63, 3.8) is 0 Å². The van der Waals surface area contributed by atoms with Gasteiger partial charge in [0.05, 0.1) is 5.69 Å². The number of carbonyl (C=O) groups is 1. The van der Waals surface area contributed by atoms with Crippen molar-refractivity contribution in [2.24, 2.45) is 0 Å². The Kier molecular flexibility index (Phi) is 6.13. The molecular formula is C17H23N3O2. The van der Waals surface area contributed by atoms with Gasteiger partial charge in [-0.1, -0.05) is 68.2 Å². The van der Waals surface area contributed by atoms with Gasteiger partial charge in [0.25, 0.3) is 0 Å². The van der Waals surface area contributed by atoms with Gasteiger partial charge in [0.2, 0.25) is 0 Å². The minimum absolute atomic E-state index is 0.0670. The first-order valence-corrected chi connectivity index (χ1v) is 7.92. The summed E-state index contributed by atoms with van der Waals surface area (Å²) in [5, 5.41) is 17.2. The van der Waals surface area contributed by atoms with Crippen LogP contribution in [0.15, 0.2) is 30.3 Å². The zero-order chi connectivity index (χ0) is 15.8. The third kappa shape index (κ3) is 4.41. The summed E-state index contributed by atoms with van der Waals surface area (Å²) in [7, 11) is 0. The number of hydrogen-bond donors (Lipinski definition) is 1. The van der Waals surface area contributed by atoms with Gasteiger partial charge in [-0.2, -0.15) is 0 Å². The average molecular weight is 301 g/mol. The second kappa shape index (κ2) is 8.32. The predicted molar refractivity (Wildman–Crippen MR) is 85.0 cm³/mol. The molecule has 0 unspecified atom stereocenters. The molecule has 0 amide bonds. The molecule has 1 heterocycles. The van der Waals surface area contributed by atoms with Crippen LogP contribution in [0, 0.1) is 0 Å². The predicted octanol–water partition coefficient (Wildman–Crippen LogP) is 3.54. The van der Waals surface area contributed by atoms with Gasteiger partial charge in [-0.05, 0) is 12.0 Å². The number of carboxylic acid groups (broad SMARTS) is 1. The summed E-state index contributed by atoms with van der Waals surface area (Å²) in [4.78, 5) is 11.3. The Morgan fingerprint density at radius 3 is 2.55 bits per heavy atom. The first kappa shape index (κ1) is 16.2. The largest absolute Gasteiger partial charge is 0.476 e. The number of hydrogen-bond acceptors (Lipinski definition) is 3. The van der Waals surface area contributed by atoms with Crippen LogP contribution >= 0.6 is 0 Å². The highest BCUT2D eigenvalue weighted by molar-refractivity contribution is 5.86. The van der Waals surface area contributed by atoms with Crippen molar-refractivity contribution in [2.75, 3.05) is 0 Å². The zero-order valence-corrected chi connectivity index (χ0v) is 13.0. The Balaban J connectivity index is 2.07. The summed E-state index contributed by atoms with van der Waals surface area (Å²) in [5.41, 5.74) is 1.83. The second-order valence-electron chi connectivity index (χ2n) is 5.49. The average Bonchev–Trinajstić information content (AvgIpc) is 2.91. The smallest absolute Gasteiger partial charge is 0.358 e. The van der Waals surface area contributed by atoms with E-state index < -0.39 is 5.97 Å². The van der Waals surface area contributed by atoms with E-state index in [-0.39, 0.29) is 5.69 Å². The molecular weight excluding hydrogens is 278 g/mol. The molecule has 5 nitrogen and oxygen atoms in total. The number of aromatic carboxylic acids is 1. The van der Waals surface area contributed by atoms with Gasteiger partial charge in [0.15, 0.2) is 5.69 Å². The molecule has 1 aromatic carbocycles. The van der Waals surface area contributed by atoms with E-state index in [1.54, 1.807) is 4.68 Å². The number of aromatic nitrogens is 3. The fourth-order valence-corrected chi connectivity index (χ4v) is 2.51. The Morgan fingerprint density at radius 2 is 1.86 bits per heavy atom. The fourth-order valence-electron chi connectivity index (χ4n) is 2.51. The standard InChI is InChI=1S/C17H23N3O2/c1-2-3-4-5-9-12-20-15(16(17(21)22)18-19-20)13-14-10-7-6-8-11-14/h6-8,10-11H,2-5,9,12-13H2,1H3,(H,21,22). The molecule has 5 heteroatoms. The van der Waals surface area contributed by atoms with Gasteiger partial charge >= 0.3 is 5.97 Å². The summed E-state index contributed by atoms with van der Waals surface area (Å²) >= 11 is 0. The molecule has 118 valence electrons. The number of rotatable bonds is 9. The molecule has 0 bridgehead atoms. The van der Waals surface area contributed by atoms with E-state index in [0.717, 1.165) is 24.9 Å². The van der Waals surface area contributed by atoms with Crippen LogP contribution in [-0.4, -0.2) is 26.1 Å². The summed E-state index contributed by atoms with van der Waals surface area (Å²) in [6.07, 6.45) is 6.36. The number of benzene rings is 1. The Hall–Kier alpha value is -2.17. The van der Waals surface area contributed by atoms with Crippen molar-refractivity contribution in [3.05, 3.63) is 47.3 Å². The van der Waals surface area contributed by atoms with E-state index in [1.807, 2.05) is 30.3 Å². The van der Waals surface area contributed by atoms with Gasteiger partial charge in [-0.3, -0.25) is 0 Å². The van der Waals surface area contributed by atoms with E-state index >= 15 is 0 Å². The molecule has 0 spiro atoms. The Labute approximate surface area is 131 Å². The van der Waals surface area contributed by atoms with Crippen molar-refractivity contribution in [1.82, 2.24) is 15.0 Å². The van der Waals surface area contributed by atoms with Crippen LogP contribution in [0.25, 0.3) is 0 Å². The first-order chi connectivity index (χ1) is 10.7. The maximum atomic E-state index is 11.3. The number of aryl methyl sites for hydroxylation is 1. The van der Waals surface area contributed by atoms with Gasteiger partial charge in [-0.25, -0.2) is 9.48 Å². The summed E-state index contributed by atoms with van der Waals surface area (Å²) in [6.45, 7) is 2.92. The van der Waals surface area contributed by atoms with Crippen LogP contribution in [0.3, 0.4) is 0 Å². The molecule has 1 N–H and O–H groups in total. The van der Waals surface area contributed by atoms with Crippen LogP contribution in [0.4, 0.5) is 0 Å². The van der Waals surface area contributed by atoms with Crippen molar-refractivity contribution in [1.29, 1.82) is 0 Å². The van der Waals surface area contributed by atoms with Crippen LogP contribution in [0.1, 0.15) is 60.8 Å². The van der Waals surface area contributed by atoms with E-state index in [2.05, 4.69) is 17.2 Å². The molecule has 0 fully saturated rings. The van der Waals surface area contributed by atoms with Gasteiger partial charge in [-0.15, -0.1) is 5.10 Å². The topological polar surface area (TPSA) is 68.0 Å². The fraction of sp³-hybridized carbons (Fsp3) is 0.471. The molecule has 0 atom stereocenters. The van der Waals surface area contributed by atoms with Gasteiger partial charge in [0, 0.05) is 13.0 Å². The minimum atomic E-state index is -1.01. The lowest BCUT2D eigenvalue weighted by atomic mass is 10.1. The molecule has 1 aromatic heterocycles. The molecule has 0 aliphatic rings. The lowest BCUT2D eigenvalue weighted by molar-refractivity contribution is 0.0689. The first-order valence-electron chi connectivity index (χ1n) is 7.92. The third-order valence-corrected chi connectivity index (χ3v) is 3.73. The molecule has 0 saturated carbocycles. The summed E-state index contributed by atoms with van der Waals surface area (Å²) in [6, 6.07) is 9.84. The quantitative estimate of drug-likeness (QED) is 0.719. The van der Waals surface area contributed by atoms with Crippen molar-refractivity contribution in [2.45, 2.75) is 52.0 Å². The third-order valence-electron chi connectivity index (χ3n) is 3.73. The Morgan fingerprint density at radius 1 is 1.14 bits per heavy atom. The normalized spacial score (nSPS) is 10.8. The van der Waals surface area contributed by atoms with Crippen LogP contribution < -0.4 is 0 Å². The van der Waals surface area contributed by atoms with Gasteiger partial charge in [0.1, 0.15) is 0 Å². The number of unbranched alkanes of at least 4 members (excludes halogenated alkanes) is 4. The molecule has 0 saturated heterocycles. The lowest BCUT2D eigenvalue weighted by Crippen LogP contribution is -2.09. The lowest BCUT2D eigenvalue weighted by Gasteiger charge is -2.07. The molecule has 0 aliphatic carbocycles. The van der Waals surface area contributed by atoms with Crippen molar-refractivity contribution >= 4 is 5.97 Å². The van der Waals surface area contributed by atoms with E-state index in [9.17, 15) is 9.90 Å². The highest BCUT2D eigenvalue weighted by Crippen LogP contribution is 2.14. The van der Waals surface area contributed by atoms with E-state index in [1.165, 1.54) is 19.3 Å². The van der Waals surface area contributed by atoms with Crippen LogP contribution in [-0.2, 0) is 13.0 Å². The molecule has 0 aliphatic heterocycles. The molecule has 2 rings (SSSR count). The van der Waals surface area contributed by atoms with E-state index in [0.29, 0.717) is 12.1 Å². The molecule has 22 heavy (non-hydrogen) atoms. The minimum Gasteiger partial charge on any atom is -0.476 e. The van der Waals surface area contributed by atoms with Crippen molar-refractivity contribution < 1.29 is 9.90 Å². The number of carboxylic acids is 1. The highest BCUT2D eigenvalue weighted by Gasteiger charge is 2.18. The van der Waals surface area contributed by atoms with Crippen molar-refractivity contribution in [3.8, 4) is 0 Å². The van der Waals surface area contributed by atoms with Crippen LogP contribution in [0.5, 0.6) is 0 Å². The summed E-state index contributed by atoms with van der Waals surface area (Å²) in [5.74, 6) is -1.01. The Bertz CT molecular complexity index is 593. The summed E-state index contributed by atoms with van der Waals surface area (Å²) < 4.78 is 1.75. The van der Waals surface area contributed by atoms with Gasteiger partial charge < -0.3 is 5.11 Å². The van der Waals surface area contributed by atoms with E-state index in [4.69, 9.17) is 0 Å². The monoisotopic (exact) mass is 301 g/mol. The second-order valence-corrected chi connectivity index (χ2v) is 5.49. The molecule has 2 aromatic rings. The maximum absolute atomic E-state index is 11.3. The highest BCUT2D eigenvalue weighted by atomic mass is 16.4. The zero-order valence-electron chi connectivity index (χ0n) is 13.0. The SMILES string of the molecule is CCCCCCCn1nnc(C(=O)O)c1Cc1ccccc1. The maximum Gasteiger partial charge on any atom is 0.358 e. The molecule has 0 radical (unpaired) electrons. The number of nitrogens with zero attached hydrogens (tertiary/aromatic N) is 3.